The fraction of sp³-hybridized carbons (Fsp3) is 0.222. The Morgan fingerprint density at radius 2 is 1.68 bits per heavy atom. The van der Waals surface area contributed by atoms with E-state index in [1.54, 1.807) is 32.3 Å². The molecule has 0 radical (unpaired) electrons. The van der Waals surface area contributed by atoms with Crippen molar-refractivity contribution in [1.29, 1.82) is 0 Å². The molecule has 1 N–H and O–H groups in total. The maximum Gasteiger partial charge on any atom is 0.253 e. The zero-order valence-electron chi connectivity index (χ0n) is 13.1. The van der Waals surface area contributed by atoms with Crippen LogP contribution in [0.25, 0.3) is 0 Å². The standard InChI is InChI=1S/C18H20N2O2/c1-13-6-4-8-15(10-13)17(21)19-12-14-7-5-9-16(11-14)18(22)20(2)3/h4-11H,12H2,1-3H3,(H,19,21). The van der Waals surface area contributed by atoms with Crippen molar-refractivity contribution in [3.05, 3.63) is 70.8 Å². The SMILES string of the molecule is Cc1cccc(C(=O)NCc2cccc(C(=O)N(C)C)c2)c1. The van der Waals surface area contributed by atoms with Crippen LogP contribution in [-0.4, -0.2) is 30.8 Å². The zero-order valence-corrected chi connectivity index (χ0v) is 13.1. The number of rotatable bonds is 4. The number of aryl methyl sites for hydroxylation is 1. The van der Waals surface area contributed by atoms with E-state index in [-0.39, 0.29) is 11.8 Å². The monoisotopic (exact) mass is 296 g/mol. The number of benzene rings is 2. The molecule has 0 aliphatic rings. The van der Waals surface area contributed by atoms with Gasteiger partial charge in [0.25, 0.3) is 11.8 Å². The molecule has 0 heterocycles. The minimum absolute atomic E-state index is 0.0492. The molecule has 0 saturated heterocycles. The van der Waals surface area contributed by atoms with E-state index in [1.807, 2.05) is 37.3 Å². The number of nitrogens with one attached hydrogen (secondary N) is 1. The number of hydrogen-bond donors (Lipinski definition) is 1. The van der Waals surface area contributed by atoms with Crippen LogP contribution in [0.1, 0.15) is 31.8 Å². The summed E-state index contributed by atoms with van der Waals surface area (Å²) in [6.07, 6.45) is 0. The molecule has 0 spiro atoms. The molecule has 2 rings (SSSR count). The number of carbonyl (C=O) groups is 2. The van der Waals surface area contributed by atoms with Gasteiger partial charge in [-0.3, -0.25) is 9.59 Å². The van der Waals surface area contributed by atoms with E-state index in [0.29, 0.717) is 17.7 Å². The molecule has 0 bridgehead atoms. The lowest BCUT2D eigenvalue weighted by Gasteiger charge is -2.11. The molecule has 0 atom stereocenters. The Kier molecular flexibility index (Phi) is 4.94. The quantitative estimate of drug-likeness (QED) is 0.943. The van der Waals surface area contributed by atoms with E-state index >= 15 is 0 Å². The number of nitrogens with zero attached hydrogens (tertiary/aromatic N) is 1. The molecule has 114 valence electrons. The molecule has 22 heavy (non-hydrogen) atoms. The van der Waals surface area contributed by atoms with Gasteiger partial charge in [0.15, 0.2) is 0 Å². The van der Waals surface area contributed by atoms with Gasteiger partial charge in [0, 0.05) is 31.8 Å². The van der Waals surface area contributed by atoms with Crippen LogP contribution < -0.4 is 5.32 Å². The summed E-state index contributed by atoms with van der Waals surface area (Å²) in [5.41, 5.74) is 3.20. The maximum absolute atomic E-state index is 12.1. The lowest BCUT2D eigenvalue weighted by Crippen LogP contribution is -2.24. The summed E-state index contributed by atoms with van der Waals surface area (Å²) in [6, 6.07) is 14.7. The van der Waals surface area contributed by atoms with Crippen LogP contribution in [0.2, 0.25) is 0 Å². The van der Waals surface area contributed by atoms with Gasteiger partial charge in [-0.2, -0.15) is 0 Å². The molecule has 0 aliphatic heterocycles. The topological polar surface area (TPSA) is 49.4 Å². The van der Waals surface area contributed by atoms with Crippen LogP contribution >= 0.6 is 0 Å². The summed E-state index contributed by atoms with van der Waals surface area (Å²) >= 11 is 0. The summed E-state index contributed by atoms with van der Waals surface area (Å²) in [6.45, 7) is 2.34. The minimum atomic E-state index is -0.118. The summed E-state index contributed by atoms with van der Waals surface area (Å²) in [5.74, 6) is -0.167. The van der Waals surface area contributed by atoms with Gasteiger partial charge in [0.1, 0.15) is 0 Å². The van der Waals surface area contributed by atoms with Gasteiger partial charge >= 0.3 is 0 Å². The fourth-order valence-electron chi connectivity index (χ4n) is 2.14. The predicted molar refractivity (Wildman–Crippen MR) is 86.8 cm³/mol. The molecular weight excluding hydrogens is 276 g/mol. The average Bonchev–Trinajstić information content (AvgIpc) is 2.52. The molecular formula is C18H20N2O2. The van der Waals surface area contributed by atoms with Crippen LogP contribution in [0.15, 0.2) is 48.5 Å². The normalized spacial score (nSPS) is 10.1. The first-order valence-electron chi connectivity index (χ1n) is 7.13. The number of amides is 2. The molecule has 2 aromatic rings. The van der Waals surface area contributed by atoms with E-state index in [9.17, 15) is 9.59 Å². The molecule has 2 amide bonds. The Hall–Kier alpha value is -2.62. The summed E-state index contributed by atoms with van der Waals surface area (Å²) < 4.78 is 0. The van der Waals surface area contributed by atoms with Gasteiger partial charge in [-0.15, -0.1) is 0 Å². The molecule has 0 fully saturated rings. The molecule has 4 nitrogen and oxygen atoms in total. The van der Waals surface area contributed by atoms with Crippen molar-refractivity contribution in [3.63, 3.8) is 0 Å². The van der Waals surface area contributed by atoms with Gasteiger partial charge in [0.2, 0.25) is 0 Å². The average molecular weight is 296 g/mol. The van der Waals surface area contributed by atoms with Crippen LogP contribution in [-0.2, 0) is 6.54 Å². The van der Waals surface area contributed by atoms with Crippen molar-refractivity contribution in [2.75, 3.05) is 14.1 Å². The van der Waals surface area contributed by atoms with Gasteiger partial charge in [-0.25, -0.2) is 0 Å². The Labute approximate surface area is 130 Å². The van der Waals surface area contributed by atoms with Crippen LogP contribution in [0.4, 0.5) is 0 Å². The Morgan fingerprint density at radius 1 is 1.00 bits per heavy atom. The Balaban J connectivity index is 2.04. The van der Waals surface area contributed by atoms with E-state index < -0.39 is 0 Å². The van der Waals surface area contributed by atoms with Crippen molar-refractivity contribution in [3.8, 4) is 0 Å². The molecule has 0 aliphatic carbocycles. The highest BCUT2D eigenvalue weighted by Crippen LogP contribution is 2.08. The maximum atomic E-state index is 12.1. The second-order valence-corrected chi connectivity index (χ2v) is 5.45. The predicted octanol–water partition coefficient (Wildman–Crippen LogP) is 2.63. The van der Waals surface area contributed by atoms with Crippen molar-refractivity contribution >= 4 is 11.8 Å². The lowest BCUT2D eigenvalue weighted by atomic mass is 10.1. The van der Waals surface area contributed by atoms with Crippen LogP contribution in [0, 0.1) is 6.92 Å². The summed E-state index contributed by atoms with van der Waals surface area (Å²) in [5, 5.41) is 2.87. The second-order valence-electron chi connectivity index (χ2n) is 5.45. The first kappa shape index (κ1) is 15.8. The van der Waals surface area contributed by atoms with Gasteiger partial charge in [-0.05, 0) is 36.8 Å². The summed E-state index contributed by atoms with van der Waals surface area (Å²) in [4.78, 5) is 25.6. The third-order valence-corrected chi connectivity index (χ3v) is 3.31. The van der Waals surface area contributed by atoms with Crippen molar-refractivity contribution in [1.82, 2.24) is 10.2 Å². The highest BCUT2D eigenvalue weighted by molar-refractivity contribution is 5.95. The smallest absolute Gasteiger partial charge is 0.253 e. The van der Waals surface area contributed by atoms with Gasteiger partial charge in [-0.1, -0.05) is 29.8 Å². The Morgan fingerprint density at radius 3 is 2.36 bits per heavy atom. The zero-order chi connectivity index (χ0) is 16.1. The Bertz CT molecular complexity index is 693. The van der Waals surface area contributed by atoms with E-state index in [4.69, 9.17) is 0 Å². The summed E-state index contributed by atoms with van der Waals surface area (Å²) in [7, 11) is 3.43. The van der Waals surface area contributed by atoms with E-state index in [0.717, 1.165) is 11.1 Å². The fourth-order valence-corrected chi connectivity index (χ4v) is 2.14. The van der Waals surface area contributed by atoms with Gasteiger partial charge < -0.3 is 10.2 Å². The van der Waals surface area contributed by atoms with Crippen molar-refractivity contribution < 1.29 is 9.59 Å². The molecule has 0 unspecified atom stereocenters. The van der Waals surface area contributed by atoms with E-state index in [2.05, 4.69) is 5.32 Å². The number of carbonyl (C=O) groups excluding carboxylic acids is 2. The molecule has 0 aromatic heterocycles. The molecule has 4 heteroatoms. The highest BCUT2D eigenvalue weighted by Gasteiger charge is 2.09. The highest BCUT2D eigenvalue weighted by atomic mass is 16.2. The van der Waals surface area contributed by atoms with Gasteiger partial charge in [0.05, 0.1) is 0 Å². The van der Waals surface area contributed by atoms with Crippen molar-refractivity contribution in [2.24, 2.45) is 0 Å². The van der Waals surface area contributed by atoms with E-state index in [1.165, 1.54) is 4.90 Å². The first-order valence-corrected chi connectivity index (χ1v) is 7.13. The first-order chi connectivity index (χ1) is 10.5. The third-order valence-electron chi connectivity index (χ3n) is 3.31. The molecule has 0 saturated carbocycles. The molecule has 2 aromatic carbocycles. The van der Waals surface area contributed by atoms with Crippen LogP contribution in [0.3, 0.4) is 0 Å². The van der Waals surface area contributed by atoms with Crippen molar-refractivity contribution in [2.45, 2.75) is 13.5 Å². The lowest BCUT2D eigenvalue weighted by molar-refractivity contribution is 0.0827. The third kappa shape index (κ3) is 3.95. The van der Waals surface area contributed by atoms with Crippen LogP contribution in [0.5, 0.6) is 0 Å². The largest absolute Gasteiger partial charge is 0.348 e. The second kappa shape index (κ2) is 6.89. The number of hydrogen-bond acceptors (Lipinski definition) is 2. The minimum Gasteiger partial charge on any atom is -0.348 e.